The first kappa shape index (κ1) is 34.6. The lowest BCUT2D eigenvalue weighted by atomic mass is 10.1. The molecule has 0 rings (SSSR count). The second-order valence-corrected chi connectivity index (χ2v) is 9.08. The Kier molecular flexibility index (Phi) is 32.0. The number of hydrogen-bond donors (Lipinski definition) is 0. The highest BCUT2D eigenvalue weighted by Gasteiger charge is 1.99. The Hall–Kier alpha value is -1.58. The van der Waals surface area contributed by atoms with E-state index in [1.165, 1.54) is 104 Å². The molecule has 0 fully saturated rings. The second kappa shape index (κ2) is 31.4. The molecular weight excluding hydrogens is 424 g/mol. The van der Waals surface area contributed by atoms with Crippen molar-refractivity contribution in [2.75, 3.05) is 14.2 Å². The molecule has 0 N–H and O–H groups in total. The third-order valence-electron chi connectivity index (χ3n) is 5.89. The van der Waals surface area contributed by atoms with Gasteiger partial charge in [0.15, 0.2) is 0 Å². The van der Waals surface area contributed by atoms with E-state index in [4.69, 9.17) is 0 Å². The molecule has 0 aliphatic carbocycles. The Labute approximate surface area is 211 Å². The predicted octanol–water partition coefficient (Wildman–Crippen LogP) is 9.27. The number of carbonyl (C=O) groups is 2. The van der Waals surface area contributed by atoms with E-state index in [0.717, 1.165) is 32.1 Å². The van der Waals surface area contributed by atoms with Crippen molar-refractivity contribution >= 4 is 11.9 Å². The zero-order chi connectivity index (χ0) is 25.5. The van der Waals surface area contributed by atoms with Crippen molar-refractivity contribution in [3.8, 4) is 0 Å². The second-order valence-electron chi connectivity index (χ2n) is 9.08. The quantitative estimate of drug-likeness (QED) is 0.0830. The average molecular weight is 481 g/mol. The number of esters is 2. The lowest BCUT2D eigenvalue weighted by molar-refractivity contribution is -0.141. The molecule has 0 heterocycles. The Morgan fingerprint density at radius 2 is 0.912 bits per heavy atom. The van der Waals surface area contributed by atoms with Crippen molar-refractivity contribution < 1.29 is 19.1 Å². The topological polar surface area (TPSA) is 52.6 Å². The fourth-order valence-corrected chi connectivity index (χ4v) is 3.63. The van der Waals surface area contributed by atoms with Crippen LogP contribution in [0.5, 0.6) is 0 Å². The van der Waals surface area contributed by atoms with E-state index in [1.54, 1.807) is 0 Å². The maximum Gasteiger partial charge on any atom is 0.305 e. The van der Waals surface area contributed by atoms with Gasteiger partial charge in [0, 0.05) is 12.8 Å². The molecule has 0 aromatic carbocycles. The molecule has 200 valence electrons. The summed E-state index contributed by atoms with van der Waals surface area (Å²) in [6.07, 6.45) is 31.4. The van der Waals surface area contributed by atoms with Gasteiger partial charge in [-0.1, -0.05) is 95.8 Å². The van der Waals surface area contributed by atoms with E-state index in [9.17, 15) is 9.59 Å². The SMILES string of the molecule is C=CCCCCCCCC(=O)OC.CCCCCCCC/C=C\CCCCCCCC(=O)OC. The Morgan fingerprint density at radius 3 is 1.29 bits per heavy atom. The number of ether oxygens (including phenoxy) is 2. The van der Waals surface area contributed by atoms with Gasteiger partial charge in [0.05, 0.1) is 14.2 Å². The van der Waals surface area contributed by atoms with E-state index in [1.807, 2.05) is 6.08 Å². The van der Waals surface area contributed by atoms with E-state index in [0.29, 0.717) is 12.8 Å². The number of rotatable bonds is 23. The summed E-state index contributed by atoms with van der Waals surface area (Å²) in [5.41, 5.74) is 0. The molecule has 34 heavy (non-hydrogen) atoms. The van der Waals surface area contributed by atoms with Gasteiger partial charge < -0.3 is 9.47 Å². The molecule has 4 nitrogen and oxygen atoms in total. The molecule has 0 saturated carbocycles. The van der Waals surface area contributed by atoms with Gasteiger partial charge in [-0.3, -0.25) is 9.59 Å². The van der Waals surface area contributed by atoms with Gasteiger partial charge >= 0.3 is 11.9 Å². The minimum Gasteiger partial charge on any atom is -0.469 e. The molecule has 0 aliphatic heterocycles. The molecule has 0 spiro atoms. The smallest absolute Gasteiger partial charge is 0.305 e. The van der Waals surface area contributed by atoms with Crippen LogP contribution < -0.4 is 0 Å². The number of unbranched alkanes of at least 4 members (excludes halogenated alkanes) is 16. The van der Waals surface area contributed by atoms with Crippen LogP contribution in [0.2, 0.25) is 0 Å². The Balaban J connectivity index is 0. The normalized spacial score (nSPS) is 10.6. The van der Waals surface area contributed by atoms with Crippen molar-refractivity contribution in [1.82, 2.24) is 0 Å². The van der Waals surface area contributed by atoms with Crippen LogP contribution in [-0.4, -0.2) is 26.2 Å². The molecular formula is C30H56O4. The van der Waals surface area contributed by atoms with E-state index in [-0.39, 0.29) is 11.9 Å². The van der Waals surface area contributed by atoms with Crippen LogP contribution in [0, 0.1) is 0 Å². The third kappa shape index (κ3) is 32.6. The number of allylic oxidation sites excluding steroid dienone is 3. The summed E-state index contributed by atoms with van der Waals surface area (Å²) >= 11 is 0. The van der Waals surface area contributed by atoms with Crippen LogP contribution in [0.25, 0.3) is 0 Å². The monoisotopic (exact) mass is 480 g/mol. The van der Waals surface area contributed by atoms with Crippen molar-refractivity contribution in [2.24, 2.45) is 0 Å². The first-order chi connectivity index (χ1) is 16.6. The molecule has 0 unspecified atom stereocenters. The third-order valence-corrected chi connectivity index (χ3v) is 5.89. The van der Waals surface area contributed by atoms with Crippen LogP contribution >= 0.6 is 0 Å². The maximum absolute atomic E-state index is 10.9. The van der Waals surface area contributed by atoms with E-state index < -0.39 is 0 Å². The highest BCUT2D eigenvalue weighted by Crippen LogP contribution is 2.10. The summed E-state index contributed by atoms with van der Waals surface area (Å²) in [6.45, 7) is 5.93. The van der Waals surface area contributed by atoms with Crippen molar-refractivity contribution in [2.45, 2.75) is 142 Å². The van der Waals surface area contributed by atoms with Crippen LogP contribution in [-0.2, 0) is 19.1 Å². The molecule has 0 radical (unpaired) electrons. The van der Waals surface area contributed by atoms with E-state index >= 15 is 0 Å². The first-order valence-electron chi connectivity index (χ1n) is 14.0. The molecule has 0 atom stereocenters. The first-order valence-corrected chi connectivity index (χ1v) is 14.0. The standard InChI is InChI=1S/C19H36O2.C11H20O2/c1-3-4-5-6-7-8-9-10-11-12-13-14-15-16-17-18-19(20)21-2;1-3-4-5-6-7-8-9-10-11(12)13-2/h10-11H,3-9,12-18H2,1-2H3;3H,1,4-10H2,2H3/b11-10-;. The molecule has 0 aromatic rings. The average Bonchev–Trinajstić information content (AvgIpc) is 2.85. The maximum atomic E-state index is 10.9. The van der Waals surface area contributed by atoms with Crippen molar-refractivity contribution in [3.05, 3.63) is 24.8 Å². The fourth-order valence-electron chi connectivity index (χ4n) is 3.63. The zero-order valence-electron chi connectivity index (χ0n) is 22.9. The Bertz CT molecular complexity index is 470. The largest absolute Gasteiger partial charge is 0.469 e. The van der Waals surface area contributed by atoms with Crippen LogP contribution in [0.1, 0.15) is 142 Å². The van der Waals surface area contributed by atoms with Gasteiger partial charge in [0.25, 0.3) is 0 Å². The van der Waals surface area contributed by atoms with Gasteiger partial charge in [-0.15, -0.1) is 6.58 Å². The summed E-state index contributed by atoms with van der Waals surface area (Å²) in [5.74, 6) is -0.168. The zero-order valence-corrected chi connectivity index (χ0v) is 22.9. The number of methoxy groups -OCH3 is 2. The summed E-state index contributed by atoms with van der Waals surface area (Å²) in [5, 5.41) is 0. The highest BCUT2D eigenvalue weighted by molar-refractivity contribution is 5.69. The summed E-state index contributed by atoms with van der Waals surface area (Å²) in [6, 6.07) is 0. The summed E-state index contributed by atoms with van der Waals surface area (Å²) in [7, 11) is 2.90. The van der Waals surface area contributed by atoms with Gasteiger partial charge in [-0.2, -0.15) is 0 Å². The van der Waals surface area contributed by atoms with Gasteiger partial charge in [0.2, 0.25) is 0 Å². The van der Waals surface area contributed by atoms with Gasteiger partial charge in [-0.05, 0) is 51.4 Å². The molecule has 0 aromatic heterocycles. The minimum absolute atomic E-state index is 0.0763. The summed E-state index contributed by atoms with van der Waals surface area (Å²) in [4.78, 5) is 21.6. The van der Waals surface area contributed by atoms with Crippen LogP contribution in [0.15, 0.2) is 24.8 Å². The van der Waals surface area contributed by atoms with Gasteiger partial charge in [0.1, 0.15) is 0 Å². The molecule has 0 saturated heterocycles. The minimum atomic E-state index is -0.0916. The van der Waals surface area contributed by atoms with E-state index in [2.05, 4.69) is 35.1 Å². The molecule has 4 heteroatoms. The number of hydrogen-bond acceptors (Lipinski definition) is 4. The molecule has 0 aliphatic rings. The highest BCUT2D eigenvalue weighted by atomic mass is 16.5. The lowest BCUT2D eigenvalue weighted by Crippen LogP contribution is -1.98. The lowest BCUT2D eigenvalue weighted by Gasteiger charge is -2.00. The predicted molar refractivity (Wildman–Crippen MR) is 146 cm³/mol. The summed E-state index contributed by atoms with van der Waals surface area (Å²) < 4.78 is 9.16. The van der Waals surface area contributed by atoms with Crippen LogP contribution in [0.3, 0.4) is 0 Å². The van der Waals surface area contributed by atoms with Crippen molar-refractivity contribution in [1.29, 1.82) is 0 Å². The number of carbonyl (C=O) groups excluding carboxylic acids is 2. The fraction of sp³-hybridized carbons (Fsp3) is 0.800. The van der Waals surface area contributed by atoms with Crippen molar-refractivity contribution in [3.63, 3.8) is 0 Å². The van der Waals surface area contributed by atoms with Crippen LogP contribution in [0.4, 0.5) is 0 Å². The molecule has 0 bridgehead atoms. The Morgan fingerprint density at radius 1 is 0.559 bits per heavy atom. The van der Waals surface area contributed by atoms with Gasteiger partial charge in [-0.25, -0.2) is 0 Å². The molecule has 0 amide bonds.